The Kier molecular flexibility index (Phi) is 3.03. The van der Waals surface area contributed by atoms with Gasteiger partial charge in [-0.1, -0.05) is 48.5 Å². The summed E-state index contributed by atoms with van der Waals surface area (Å²) in [4.78, 5) is 2.10. The van der Waals surface area contributed by atoms with Gasteiger partial charge in [0.05, 0.1) is 0 Å². The van der Waals surface area contributed by atoms with Gasteiger partial charge in [0, 0.05) is 18.2 Å². The van der Waals surface area contributed by atoms with E-state index < -0.39 is 5.72 Å². The monoisotopic (exact) mass is 253 g/mol. The number of anilines is 1. The van der Waals surface area contributed by atoms with E-state index in [0.29, 0.717) is 0 Å². The third-order valence-electron chi connectivity index (χ3n) is 4.12. The van der Waals surface area contributed by atoms with Gasteiger partial charge in [-0.15, -0.1) is 0 Å². The SMILES string of the molecule is C[C@]1(O)[C@@H](c2ccccc2)CCN1c1ccccc1. The summed E-state index contributed by atoms with van der Waals surface area (Å²) in [5, 5.41) is 10.9. The van der Waals surface area contributed by atoms with E-state index >= 15 is 0 Å². The second-order valence-corrected chi connectivity index (χ2v) is 5.33. The maximum absolute atomic E-state index is 10.9. The van der Waals surface area contributed by atoms with E-state index in [9.17, 15) is 5.11 Å². The number of rotatable bonds is 2. The summed E-state index contributed by atoms with van der Waals surface area (Å²) in [7, 11) is 0. The van der Waals surface area contributed by atoms with E-state index in [-0.39, 0.29) is 5.92 Å². The zero-order valence-corrected chi connectivity index (χ0v) is 11.2. The molecule has 0 saturated carbocycles. The van der Waals surface area contributed by atoms with Gasteiger partial charge in [-0.3, -0.25) is 0 Å². The molecule has 1 saturated heterocycles. The number of aliphatic hydroxyl groups is 1. The third-order valence-corrected chi connectivity index (χ3v) is 4.12. The quantitative estimate of drug-likeness (QED) is 0.886. The molecule has 2 heteroatoms. The number of para-hydroxylation sites is 1. The summed E-state index contributed by atoms with van der Waals surface area (Å²) in [6.07, 6.45) is 0.978. The van der Waals surface area contributed by atoms with Gasteiger partial charge in [-0.2, -0.15) is 0 Å². The van der Waals surface area contributed by atoms with Crippen LogP contribution in [0.5, 0.6) is 0 Å². The zero-order chi connectivity index (χ0) is 13.3. The van der Waals surface area contributed by atoms with Crippen LogP contribution in [0, 0.1) is 0 Å². The molecule has 1 fully saturated rings. The van der Waals surface area contributed by atoms with Crippen LogP contribution in [-0.2, 0) is 0 Å². The smallest absolute Gasteiger partial charge is 0.142 e. The van der Waals surface area contributed by atoms with Gasteiger partial charge in [0.2, 0.25) is 0 Å². The highest BCUT2D eigenvalue weighted by Crippen LogP contribution is 2.42. The topological polar surface area (TPSA) is 23.5 Å². The van der Waals surface area contributed by atoms with Crippen LogP contribution in [0.4, 0.5) is 5.69 Å². The summed E-state index contributed by atoms with van der Waals surface area (Å²) >= 11 is 0. The van der Waals surface area contributed by atoms with Crippen molar-refractivity contribution < 1.29 is 5.11 Å². The van der Waals surface area contributed by atoms with Crippen LogP contribution in [0.25, 0.3) is 0 Å². The summed E-state index contributed by atoms with van der Waals surface area (Å²) in [6, 6.07) is 20.5. The molecular formula is C17H19NO. The van der Waals surface area contributed by atoms with Crippen LogP contribution in [0.15, 0.2) is 60.7 Å². The highest BCUT2D eigenvalue weighted by Gasteiger charge is 2.44. The lowest BCUT2D eigenvalue weighted by Gasteiger charge is -2.36. The molecule has 2 atom stereocenters. The summed E-state index contributed by atoms with van der Waals surface area (Å²) in [5.41, 5.74) is 1.47. The van der Waals surface area contributed by atoms with Crippen LogP contribution < -0.4 is 4.90 Å². The normalized spacial score (nSPS) is 26.6. The average molecular weight is 253 g/mol. The molecule has 19 heavy (non-hydrogen) atoms. The predicted octanol–water partition coefficient (Wildman–Crippen LogP) is 3.39. The summed E-state index contributed by atoms with van der Waals surface area (Å²) < 4.78 is 0. The van der Waals surface area contributed by atoms with Crippen molar-refractivity contribution in [3.05, 3.63) is 66.2 Å². The van der Waals surface area contributed by atoms with Crippen molar-refractivity contribution in [2.24, 2.45) is 0 Å². The van der Waals surface area contributed by atoms with Gasteiger partial charge < -0.3 is 10.0 Å². The molecule has 0 bridgehead atoms. The van der Waals surface area contributed by atoms with E-state index in [2.05, 4.69) is 29.2 Å². The molecule has 1 aliphatic heterocycles. The summed E-state index contributed by atoms with van der Waals surface area (Å²) in [6.45, 7) is 2.81. The van der Waals surface area contributed by atoms with Crippen molar-refractivity contribution in [2.45, 2.75) is 25.0 Å². The molecule has 1 aliphatic rings. The highest BCUT2D eigenvalue weighted by molar-refractivity contribution is 5.51. The van der Waals surface area contributed by atoms with Crippen molar-refractivity contribution in [3.8, 4) is 0 Å². The van der Waals surface area contributed by atoms with Crippen LogP contribution in [0.1, 0.15) is 24.8 Å². The van der Waals surface area contributed by atoms with Crippen molar-refractivity contribution in [3.63, 3.8) is 0 Å². The Morgan fingerprint density at radius 1 is 1.00 bits per heavy atom. The molecule has 1 heterocycles. The molecule has 1 N–H and O–H groups in total. The van der Waals surface area contributed by atoms with Gasteiger partial charge in [-0.05, 0) is 31.0 Å². The Morgan fingerprint density at radius 2 is 1.58 bits per heavy atom. The molecule has 0 amide bonds. The van der Waals surface area contributed by atoms with Gasteiger partial charge in [0.1, 0.15) is 5.72 Å². The van der Waals surface area contributed by atoms with Crippen LogP contribution in [0.2, 0.25) is 0 Å². The Bertz CT molecular complexity index is 486. The molecular weight excluding hydrogens is 234 g/mol. The van der Waals surface area contributed by atoms with E-state index in [4.69, 9.17) is 0 Å². The average Bonchev–Trinajstić information content (AvgIpc) is 2.76. The maximum Gasteiger partial charge on any atom is 0.142 e. The Labute approximate surface area is 114 Å². The van der Waals surface area contributed by atoms with Crippen molar-refractivity contribution >= 4 is 5.69 Å². The fourth-order valence-electron chi connectivity index (χ4n) is 3.11. The third kappa shape index (κ3) is 2.13. The van der Waals surface area contributed by atoms with Crippen molar-refractivity contribution in [1.29, 1.82) is 0 Å². The molecule has 2 aromatic rings. The Morgan fingerprint density at radius 3 is 2.21 bits per heavy atom. The summed E-state index contributed by atoms with van der Waals surface area (Å²) in [5.74, 6) is 0.161. The maximum atomic E-state index is 10.9. The molecule has 0 unspecified atom stereocenters. The second kappa shape index (κ2) is 4.71. The van der Waals surface area contributed by atoms with E-state index in [1.807, 2.05) is 43.3 Å². The molecule has 3 rings (SSSR count). The van der Waals surface area contributed by atoms with Crippen molar-refractivity contribution in [1.82, 2.24) is 0 Å². The van der Waals surface area contributed by atoms with Crippen LogP contribution >= 0.6 is 0 Å². The first-order valence-electron chi connectivity index (χ1n) is 6.79. The van der Waals surface area contributed by atoms with Crippen molar-refractivity contribution in [2.75, 3.05) is 11.4 Å². The molecule has 2 aromatic carbocycles. The van der Waals surface area contributed by atoms with Gasteiger partial charge in [-0.25, -0.2) is 0 Å². The van der Waals surface area contributed by atoms with Gasteiger partial charge in [0.15, 0.2) is 0 Å². The number of hydrogen-bond acceptors (Lipinski definition) is 2. The molecule has 0 aromatic heterocycles. The molecule has 2 nitrogen and oxygen atoms in total. The van der Waals surface area contributed by atoms with E-state index in [1.54, 1.807) is 0 Å². The zero-order valence-electron chi connectivity index (χ0n) is 11.2. The minimum Gasteiger partial charge on any atom is -0.371 e. The predicted molar refractivity (Wildman–Crippen MR) is 78.2 cm³/mol. The highest BCUT2D eigenvalue weighted by atomic mass is 16.3. The number of hydrogen-bond donors (Lipinski definition) is 1. The lowest BCUT2D eigenvalue weighted by atomic mass is 9.90. The molecule has 0 radical (unpaired) electrons. The minimum atomic E-state index is -0.831. The number of nitrogens with zero attached hydrogens (tertiary/aromatic N) is 1. The van der Waals surface area contributed by atoms with Gasteiger partial charge >= 0.3 is 0 Å². The lowest BCUT2D eigenvalue weighted by Crippen LogP contribution is -2.44. The first kappa shape index (κ1) is 12.2. The molecule has 0 spiro atoms. The van der Waals surface area contributed by atoms with E-state index in [0.717, 1.165) is 18.7 Å². The fraction of sp³-hybridized carbons (Fsp3) is 0.294. The Balaban J connectivity index is 1.92. The fourth-order valence-corrected chi connectivity index (χ4v) is 3.11. The minimum absolute atomic E-state index is 0.161. The second-order valence-electron chi connectivity index (χ2n) is 5.33. The standard InChI is InChI=1S/C17H19NO/c1-17(19)16(14-8-4-2-5-9-14)12-13-18(17)15-10-6-3-7-11-15/h2-11,16,19H,12-13H2,1H3/t16-,17+/m1/s1. The largest absolute Gasteiger partial charge is 0.371 e. The lowest BCUT2D eigenvalue weighted by molar-refractivity contribution is 0.0526. The molecule has 0 aliphatic carbocycles. The van der Waals surface area contributed by atoms with E-state index in [1.165, 1.54) is 5.56 Å². The Hall–Kier alpha value is -1.80. The molecule has 98 valence electrons. The first-order valence-corrected chi connectivity index (χ1v) is 6.79. The number of benzene rings is 2. The van der Waals surface area contributed by atoms with Crippen LogP contribution in [0.3, 0.4) is 0 Å². The van der Waals surface area contributed by atoms with Crippen LogP contribution in [-0.4, -0.2) is 17.4 Å². The van der Waals surface area contributed by atoms with Gasteiger partial charge in [0.25, 0.3) is 0 Å². The first-order chi connectivity index (χ1) is 9.19.